The van der Waals surface area contributed by atoms with Crippen molar-refractivity contribution in [1.82, 2.24) is 4.98 Å². The first-order valence-corrected chi connectivity index (χ1v) is 6.22. The van der Waals surface area contributed by atoms with Crippen LogP contribution in [0.3, 0.4) is 0 Å². The molecule has 0 fully saturated rings. The third-order valence-electron chi connectivity index (χ3n) is 2.95. The summed E-state index contributed by atoms with van der Waals surface area (Å²) < 4.78 is 10.9. The molecule has 1 heterocycles. The number of aromatic amines is 1. The Balaban J connectivity index is 2.40. The highest BCUT2D eigenvalue weighted by Crippen LogP contribution is 2.33. The predicted octanol–water partition coefficient (Wildman–Crippen LogP) is 3.05. The standard InChI is InChI=1S/C14H17NO4/c1-3-4-5-19-13-7-11-9(6-12(13)18-2)10(8-15-11)14(16)17/h6-8,15H,3-5H2,1-2H3,(H,16,17). The zero-order valence-corrected chi connectivity index (χ0v) is 11.0. The Morgan fingerprint density at radius 2 is 2.16 bits per heavy atom. The van der Waals surface area contributed by atoms with Crippen LogP contribution in [-0.2, 0) is 0 Å². The minimum atomic E-state index is -0.965. The lowest BCUT2D eigenvalue weighted by Gasteiger charge is -2.10. The highest BCUT2D eigenvalue weighted by Gasteiger charge is 2.14. The Morgan fingerprint density at radius 3 is 2.79 bits per heavy atom. The van der Waals surface area contributed by atoms with Gasteiger partial charge in [0.15, 0.2) is 11.5 Å². The average Bonchev–Trinajstić information content (AvgIpc) is 2.80. The number of hydrogen-bond acceptors (Lipinski definition) is 3. The third-order valence-corrected chi connectivity index (χ3v) is 2.95. The lowest BCUT2D eigenvalue weighted by atomic mass is 10.1. The fourth-order valence-corrected chi connectivity index (χ4v) is 1.91. The summed E-state index contributed by atoms with van der Waals surface area (Å²) in [6.45, 7) is 2.71. The van der Waals surface area contributed by atoms with E-state index in [1.807, 2.05) is 0 Å². The van der Waals surface area contributed by atoms with E-state index in [0.29, 0.717) is 23.5 Å². The van der Waals surface area contributed by atoms with Gasteiger partial charge in [0.05, 0.1) is 24.8 Å². The van der Waals surface area contributed by atoms with E-state index < -0.39 is 5.97 Å². The Bertz CT molecular complexity index is 588. The van der Waals surface area contributed by atoms with E-state index in [2.05, 4.69) is 11.9 Å². The number of rotatable bonds is 6. The molecule has 0 saturated carbocycles. The summed E-state index contributed by atoms with van der Waals surface area (Å²) in [4.78, 5) is 14.0. The highest BCUT2D eigenvalue weighted by molar-refractivity contribution is 6.04. The van der Waals surface area contributed by atoms with Gasteiger partial charge in [-0.1, -0.05) is 13.3 Å². The number of fused-ring (bicyclic) bond motifs is 1. The van der Waals surface area contributed by atoms with Crippen molar-refractivity contribution in [2.75, 3.05) is 13.7 Å². The van der Waals surface area contributed by atoms with Crippen LogP contribution in [0.2, 0.25) is 0 Å². The molecular formula is C14H17NO4. The van der Waals surface area contributed by atoms with Crippen LogP contribution in [0.5, 0.6) is 11.5 Å². The summed E-state index contributed by atoms with van der Waals surface area (Å²) >= 11 is 0. The van der Waals surface area contributed by atoms with Crippen molar-refractivity contribution in [2.24, 2.45) is 0 Å². The number of ether oxygens (including phenoxy) is 2. The Labute approximate surface area is 111 Å². The fourth-order valence-electron chi connectivity index (χ4n) is 1.91. The molecule has 1 aromatic heterocycles. The molecule has 5 heteroatoms. The molecule has 0 amide bonds. The van der Waals surface area contributed by atoms with Crippen LogP contribution in [0.25, 0.3) is 10.9 Å². The molecule has 0 radical (unpaired) electrons. The molecule has 1 aromatic carbocycles. The smallest absolute Gasteiger partial charge is 0.337 e. The van der Waals surface area contributed by atoms with Gasteiger partial charge >= 0.3 is 5.97 Å². The third kappa shape index (κ3) is 2.65. The number of aromatic nitrogens is 1. The van der Waals surface area contributed by atoms with Crippen molar-refractivity contribution in [3.8, 4) is 11.5 Å². The topological polar surface area (TPSA) is 71.6 Å². The van der Waals surface area contributed by atoms with E-state index >= 15 is 0 Å². The summed E-state index contributed by atoms with van der Waals surface area (Å²) in [5.74, 6) is 0.209. The van der Waals surface area contributed by atoms with E-state index in [0.717, 1.165) is 18.4 Å². The normalized spacial score (nSPS) is 10.6. The van der Waals surface area contributed by atoms with Gasteiger partial charge in [0, 0.05) is 17.6 Å². The van der Waals surface area contributed by atoms with Crippen LogP contribution in [-0.4, -0.2) is 29.8 Å². The first-order chi connectivity index (χ1) is 9.17. The van der Waals surface area contributed by atoms with Crippen molar-refractivity contribution in [2.45, 2.75) is 19.8 Å². The van der Waals surface area contributed by atoms with Crippen molar-refractivity contribution in [3.63, 3.8) is 0 Å². The van der Waals surface area contributed by atoms with Crippen LogP contribution in [0.4, 0.5) is 0 Å². The van der Waals surface area contributed by atoms with Gasteiger partial charge in [-0.15, -0.1) is 0 Å². The molecule has 2 N–H and O–H groups in total. The molecule has 2 aromatic rings. The van der Waals surface area contributed by atoms with Gasteiger partial charge in [0.2, 0.25) is 0 Å². The van der Waals surface area contributed by atoms with E-state index in [1.165, 1.54) is 6.20 Å². The van der Waals surface area contributed by atoms with Crippen LogP contribution >= 0.6 is 0 Å². The van der Waals surface area contributed by atoms with Crippen molar-refractivity contribution in [3.05, 3.63) is 23.9 Å². The van der Waals surface area contributed by atoms with Crippen molar-refractivity contribution in [1.29, 1.82) is 0 Å². The second kappa shape index (κ2) is 5.65. The molecule has 0 atom stereocenters. The van der Waals surface area contributed by atoms with E-state index in [9.17, 15) is 4.79 Å². The molecule has 19 heavy (non-hydrogen) atoms. The lowest BCUT2D eigenvalue weighted by Crippen LogP contribution is -1.99. The van der Waals surface area contributed by atoms with Gasteiger partial charge in [-0.3, -0.25) is 0 Å². The Hall–Kier alpha value is -2.17. The fraction of sp³-hybridized carbons (Fsp3) is 0.357. The molecule has 0 spiro atoms. The van der Waals surface area contributed by atoms with Crippen LogP contribution in [0.1, 0.15) is 30.1 Å². The molecule has 0 saturated heterocycles. The van der Waals surface area contributed by atoms with Crippen LogP contribution < -0.4 is 9.47 Å². The predicted molar refractivity (Wildman–Crippen MR) is 72.2 cm³/mol. The monoisotopic (exact) mass is 263 g/mol. The number of carbonyl (C=O) groups is 1. The second-order valence-electron chi connectivity index (χ2n) is 4.26. The van der Waals surface area contributed by atoms with Crippen molar-refractivity contribution >= 4 is 16.9 Å². The minimum Gasteiger partial charge on any atom is -0.493 e. The van der Waals surface area contributed by atoms with Crippen molar-refractivity contribution < 1.29 is 19.4 Å². The number of methoxy groups -OCH3 is 1. The first kappa shape index (κ1) is 13.3. The maximum atomic E-state index is 11.1. The number of aromatic carboxylic acids is 1. The van der Waals surface area contributed by atoms with Gasteiger partial charge in [-0.05, 0) is 12.5 Å². The molecule has 102 valence electrons. The maximum absolute atomic E-state index is 11.1. The molecule has 5 nitrogen and oxygen atoms in total. The van der Waals surface area contributed by atoms with Gasteiger partial charge in [0.1, 0.15) is 0 Å². The Morgan fingerprint density at radius 1 is 1.37 bits per heavy atom. The van der Waals surface area contributed by atoms with E-state index in [-0.39, 0.29) is 5.56 Å². The van der Waals surface area contributed by atoms with Gasteiger partial charge in [-0.2, -0.15) is 0 Å². The lowest BCUT2D eigenvalue weighted by molar-refractivity contribution is 0.0699. The molecule has 0 aliphatic carbocycles. The largest absolute Gasteiger partial charge is 0.493 e. The number of benzene rings is 1. The number of hydrogen-bond donors (Lipinski definition) is 2. The molecular weight excluding hydrogens is 246 g/mol. The summed E-state index contributed by atoms with van der Waals surface area (Å²) in [5.41, 5.74) is 0.957. The van der Waals surface area contributed by atoms with Crippen LogP contribution in [0.15, 0.2) is 18.3 Å². The average molecular weight is 263 g/mol. The summed E-state index contributed by atoms with van der Waals surface area (Å²) in [6, 6.07) is 3.47. The summed E-state index contributed by atoms with van der Waals surface area (Å²) in [6.07, 6.45) is 3.49. The number of carboxylic acid groups (broad SMARTS) is 1. The first-order valence-electron chi connectivity index (χ1n) is 6.22. The number of H-pyrrole nitrogens is 1. The zero-order valence-electron chi connectivity index (χ0n) is 11.0. The van der Waals surface area contributed by atoms with E-state index in [1.54, 1.807) is 19.2 Å². The molecule has 0 aliphatic rings. The zero-order chi connectivity index (χ0) is 13.8. The van der Waals surface area contributed by atoms with Gasteiger partial charge in [-0.25, -0.2) is 4.79 Å². The molecule has 0 aliphatic heterocycles. The molecule has 0 bridgehead atoms. The van der Waals surface area contributed by atoms with Gasteiger partial charge < -0.3 is 19.6 Å². The number of nitrogens with one attached hydrogen (secondary N) is 1. The quantitative estimate of drug-likeness (QED) is 0.786. The number of carboxylic acids is 1. The number of unbranched alkanes of at least 4 members (excludes halogenated alkanes) is 1. The molecule has 0 unspecified atom stereocenters. The van der Waals surface area contributed by atoms with Crippen LogP contribution in [0, 0.1) is 0 Å². The second-order valence-corrected chi connectivity index (χ2v) is 4.26. The maximum Gasteiger partial charge on any atom is 0.337 e. The summed E-state index contributed by atoms with van der Waals surface area (Å²) in [7, 11) is 1.54. The Kier molecular flexibility index (Phi) is 3.94. The molecule has 2 rings (SSSR count). The van der Waals surface area contributed by atoms with E-state index in [4.69, 9.17) is 14.6 Å². The minimum absolute atomic E-state index is 0.230. The van der Waals surface area contributed by atoms with Gasteiger partial charge in [0.25, 0.3) is 0 Å². The SMILES string of the molecule is CCCCOc1cc2[nH]cc(C(=O)O)c2cc1OC. The highest BCUT2D eigenvalue weighted by atomic mass is 16.5. The summed E-state index contributed by atoms with van der Waals surface area (Å²) in [5, 5.41) is 9.70.